The van der Waals surface area contributed by atoms with Crippen LogP contribution in [0.4, 0.5) is 0 Å². The molecule has 0 aromatic heterocycles. The van der Waals surface area contributed by atoms with E-state index >= 15 is 0 Å². The molecule has 0 saturated heterocycles. The Morgan fingerprint density at radius 1 is 0.963 bits per heavy atom. The van der Waals surface area contributed by atoms with E-state index in [-0.39, 0.29) is 0 Å². The van der Waals surface area contributed by atoms with Crippen LogP contribution in [0.1, 0.15) is 77.6 Å². The first-order valence-electron chi connectivity index (χ1n) is 10.2. The molecule has 0 spiro atoms. The lowest BCUT2D eigenvalue weighted by atomic mass is 10.1. The van der Waals surface area contributed by atoms with Crippen LogP contribution in [-0.2, 0) is 9.59 Å². The van der Waals surface area contributed by atoms with Crippen LogP contribution >= 0.6 is 0 Å². The standard InChI is InChI=1S/C16H32N2.C4H7NO4/c1-3-4-5-6-7-8-9-10-11-12-13-18-15-14-17(2)16-18;5-2(4(8)9)1-3(6)7/h14-15H,3-13,16H2,1-2H3;2H,1,5H2,(H,6,7)(H,8,9). The van der Waals surface area contributed by atoms with Gasteiger partial charge in [0, 0.05) is 26.0 Å². The summed E-state index contributed by atoms with van der Waals surface area (Å²) in [6.07, 6.45) is 18.1. The van der Waals surface area contributed by atoms with Crippen molar-refractivity contribution in [3.63, 3.8) is 0 Å². The van der Waals surface area contributed by atoms with Crippen molar-refractivity contribution in [1.82, 2.24) is 9.80 Å². The van der Waals surface area contributed by atoms with Crippen molar-refractivity contribution in [2.24, 2.45) is 5.73 Å². The van der Waals surface area contributed by atoms with Gasteiger partial charge in [-0.05, 0) is 6.42 Å². The second kappa shape index (κ2) is 16.4. The zero-order chi connectivity index (χ0) is 20.5. The number of carboxylic acid groups (broad SMARTS) is 2. The summed E-state index contributed by atoms with van der Waals surface area (Å²) in [5.74, 6) is -2.50. The minimum absolute atomic E-state index is 0.532. The molecule has 7 nitrogen and oxygen atoms in total. The predicted octanol–water partition coefficient (Wildman–Crippen LogP) is 3.46. The van der Waals surface area contributed by atoms with Crippen LogP contribution in [0.25, 0.3) is 0 Å². The van der Waals surface area contributed by atoms with Crippen molar-refractivity contribution in [2.75, 3.05) is 20.3 Å². The molecule has 0 radical (unpaired) electrons. The molecule has 0 saturated carbocycles. The molecule has 0 fully saturated rings. The number of nitrogens with zero attached hydrogens (tertiary/aromatic N) is 2. The second-order valence-corrected chi connectivity index (χ2v) is 7.23. The summed E-state index contributed by atoms with van der Waals surface area (Å²) in [5, 5.41) is 16.0. The fourth-order valence-electron chi connectivity index (χ4n) is 2.81. The number of carboxylic acids is 2. The molecule has 1 rings (SSSR count). The highest BCUT2D eigenvalue weighted by Crippen LogP contribution is 2.11. The summed E-state index contributed by atoms with van der Waals surface area (Å²) in [4.78, 5) is 24.3. The highest BCUT2D eigenvalue weighted by Gasteiger charge is 2.14. The first kappa shape index (κ1) is 25.2. The van der Waals surface area contributed by atoms with Gasteiger partial charge in [0.1, 0.15) is 6.04 Å². The van der Waals surface area contributed by atoms with Crippen molar-refractivity contribution in [1.29, 1.82) is 0 Å². The molecule has 158 valence electrons. The molecule has 27 heavy (non-hydrogen) atoms. The van der Waals surface area contributed by atoms with Gasteiger partial charge in [0.25, 0.3) is 0 Å². The maximum absolute atomic E-state index is 9.85. The minimum Gasteiger partial charge on any atom is -0.481 e. The van der Waals surface area contributed by atoms with Gasteiger partial charge in [-0.3, -0.25) is 9.59 Å². The Balaban J connectivity index is 0.000000636. The summed E-state index contributed by atoms with van der Waals surface area (Å²) < 4.78 is 0. The zero-order valence-electron chi connectivity index (χ0n) is 17.1. The normalized spacial score (nSPS) is 14.0. The van der Waals surface area contributed by atoms with E-state index in [4.69, 9.17) is 15.9 Å². The average Bonchev–Trinajstić information content (AvgIpc) is 3.02. The molecule has 0 aliphatic carbocycles. The highest BCUT2D eigenvalue weighted by molar-refractivity contribution is 5.80. The summed E-state index contributed by atoms with van der Waals surface area (Å²) in [7, 11) is 2.13. The fourth-order valence-corrected chi connectivity index (χ4v) is 2.81. The lowest BCUT2D eigenvalue weighted by Crippen LogP contribution is -2.32. The second-order valence-electron chi connectivity index (χ2n) is 7.23. The molecule has 1 aliphatic heterocycles. The molecular weight excluding hydrogens is 346 g/mol. The number of hydrogen-bond donors (Lipinski definition) is 3. The molecule has 0 amide bonds. The van der Waals surface area contributed by atoms with Gasteiger partial charge in [-0.15, -0.1) is 0 Å². The van der Waals surface area contributed by atoms with Crippen LogP contribution in [0.15, 0.2) is 12.4 Å². The molecule has 1 atom stereocenters. The van der Waals surface area contributed by atoms with Crippen molar-refractivity contribution >= 4 is 11.9 Å². The quantitative estimate of drug-likeness (QED) is 0.393. The Kier molecular flexibility index (Phi) is 15.3. The summed E-state index contributed by atoms with van der Waals surface area (Å²) in [6.45, 7) is 4.60. The van der Waals surface area contributed by atoms with Gasteiger partial charge in [0.15, 0.2) is 0 Å². The van der Waals surface area contributed by atoms with E-state index < -0.39 is 24.4 Å². The van der Waals surface area contributed by atoms with E-state index in [0.29, 0.717) is 0 Å². The molecule has 0 aromatic carbocycles. The first-order valence-corrected chi connectivity index (χ1v) is 10.2. The first-order chi connectivity index (χ1) is 12.9. The molecular formula is C20H39N3O4. The molecule has 1 heterocycles. The maximum Gasteiger partial charge on any atom is 0.321 e. The maximum atomic E-state index is 9.85. The van der Waals surface area contributed by atoms with Gasteiger partial charge in [-0.1, -0.05) is 64.7 Å². The van der Waals surface area contributed by atoms with Crippen molar-refractivity contribution in [3.05, 3.63) is 12.4 Å². The lowest BCUT2D eigenvalue weighted by Gasteiger charge is -2.17. The van der Waals surface area contributed by atoms with Crippen LogP contribution in [0.5, 0.6) is 0 Å². The predicted molar refractivity (Wildman–Crippen MR) is 108 cm³/mol. The number of rotatable bonds is 14. The SMILES string of the molecule is CCCCCCCCCCCCN1C=CN(C)C1.NC(CC(=O)O)C(=O)O. The third-order valence-corrected chi connectivity index (χ3v) is 4.45. The Hall–Kier alpha value is -1.76. The van der Waals surface area contributed by atoms with Crippen LogP contribution in [0.2, 0.25) is 0 Å². The fraction of sp³-hybridized carbons (Fsp3) is 0.800. The molecule has 1 unspecified atom stereocenters. The smallest absolute Gasteiger partial charge is 0.321 e. The number of unbranched alkanes of at least 4 members (excludes halogenated alkanes) is 9. The van der Waals surface area contributed by atoms with E-state index in [9.17, 15) is 9.59 Å². The van der Waals surface area contributed by atoms with Crippen molar-refractivity contribution < 1.29 is 19.8 Å². The zero-order valence-corrected chi connectivity index (χ0v) is 17.1. The van der Waals surface area contributed by atoms with Gasteiger partial charge in [-0.2, -0.15) is 0 Å². The van der Waals surface area contributed by atoms with Crippen LogP contribution in [-0.4, -0.2) is 58.3 Å². The monoisotopic (exact) mass is 385 g/mol. The molecule has 1 aliphatic rings. The van der Waals surface area contributed by atoms with Crippen molar-refractivity contribution in [2.45, 2.75) is 83.6 Å². The largest absolute Gasteiger partial charge is 0.481 e. The molecule has 7 heteroatoms. The van der Waals surface area contributed by atoms with Crippen LogP contribution in [0.3, 0.4) is 0 Å². The van der Waals surface area contributed by atoms with E-state index in [1.165, 1.54) is 70.8 Å². The summed E-state index contributed by atoms with van der Waals surface area (Å²) in [5.41, 5.74) is 4.84. The highest BCUT2D eigenvalue weighted by atomic mass is 16.4. The van der Waals surface area contributed by atoms with Crippen LogP contribution in [0, 0.1) is 0 Å². The van der Waals surface area contributed by atoms with Gasteiger partial charge >= 0.3 is 11.9 Å². The summed E-state index contributed by atoms with van der Waals surface area (Å²) >= 11 is 0. The number of aliphatic carboxylic acids is 2. The Labute approximate surface area is 164 Å². The van der Waals surface area contributed by atoms with Crippen LogP contribution < -0.4 is 5.73 Å². The van der Waals surface area contributed by atoms with Gasteiger partial charge < -0.3 is 25.7 Å². The van der Waals surface area contributed by atoms with Gasteiger partial charge in [0.2, 0.25) is 0 Å². The van der Waals surface area contributed by atoms with E-state index in [2.05, 4.69) is 36.2 Å². The van der Waals surface area contributed by atoms with Gasteiger partial charge in [-0.25, -0.2) is 0 Å². The van der Waals surface area contributed by atoms with E-state index in [1.807, 2.05) is 0 Å². The molecule has 4 N–H and O–H groups in total. The number of nitrogens with two attached hydrogens (primary N) is 1. The Morgan fingerprint density at radius 3 is 1.85 bits per heavy atom. The van der Waals surface area contributed by atoms with Gasteiger partial charge in [0.05, 0.1) is 13.1 Å². The number of hydrogen-bond acceptors (Lipinski definition) is 5. The number of carbonyl (C=O) groups is 2. The lowest BCUT2D eigenvalue weighted by molar-refractivity contribution is -0.144. The van der Waals surface area contributed by atoms with E-state index in [0.717, 1.165) is 6.67 Å². The minimum atomic E-state index is -1.29. The Morgan fingerprint density at radius 2 is 1.48 bits per heavy atom. The van der Waals surface area contributed by atoms with E-state index in [1.54, 1.807) is 0 Å². The Bertz CT molecular complexity index is 429. The third kappa shape index (κ3) is 16.2. The third-order valence-electron chi connectivity index (χ3n) is 4.45. The molecule has 0 aromatic rings. The molecule has 0 bridgehead atoms. The topological polar surface area (TPSA) is 107 Å². The summed E-state index contributed by atoms with van der Waals surface area (Å²) in [6, 6.07) is -1.29. The van der Waals surface area contributed by atoms with Crippen molar-refractivity contribution in [3.8, 4) is 0 Å². The average molecular weight is 386 g/mol.